The van der Waals surface area contributed by atoms with Gasteiger partial charge in [0.1, 0.15) is 0 Å². The second-order valence-electron chi connectivity index (χ2n) is 6.18. The van der Waals surface area contributed by atoms with Crippen molar-refractivity contribution in [3.8, 4) is 0 Å². The maximum absolute atomic E-state index is 14.0. The SMILES string of the molecule is O=S(=O)(c1c(F)c(F)c(F)c(F)c1F)N(Cc1ncccc1C(F)(F)F)C1CC1. The molecule has 1 aromatic heterocycles. The monoisotopic (exact) mass is 446 g/mol. The molecule has 1 heterocycles. The van der Waals surface area contributed by atoms with Crippen LogP contribution < -0.4 is 0 Å². The van der Waals surface area contributed by atoms with Crippen LogP contribution >= 0.6 is 0 Å². The number of hydrogen-bond acceptors (Lipinski definition) is 3. The standard InChI is InChI=1S/C16H10F8N2O2S/c17-10-11(18)13(20)15(14(21)12(10)19)29(27,28)26(7-3-4-7)6-9-8(16(22,23)24)2-1-5-25-9/h1-2,5,7H,3-4,6H2. The quantitative estimate of drug-likeness (QED) is 0.394. The van der Waals surface area contributed by atoms with Crippen LogP contribution in [0.15, 0.2) is 23.2 Å². The van der Waals surface area contributed by atoms with Crippen molar-refractivity contribution >= 4 is 10.0 Å². The van der Waals surface area contributed by atoms with Crippen LogP contribution in [0.1, 0.15) is 24.1 Å². The van der Waals surface area contributed by atoms with Crippen LogP contribution in [0, 0.1) is 29.1 Å². The summed E-state index contributed by atoms with van der Waals surface area (Å²) in [5.74, 6) is -12.7. The van der Waals surface area contributed by atoms with Crippen LogP contribution in [-0.4, -0.2) is 23.7 Å². The lowest BCUT2D eigenvalue weighted by molar-refractivity contribution is -0.138. The molecule has 1 aliphatic carbocycles. The molecule has 158 valence electrons. The molecule has 29 heavy (non-hydrogen) atoms. The van der Waals surface area contributed by atoms with Gasteiger partial charge in [-0.15, -0.1) is 0 Å². The van der Waals surface area contributed by atoms with E-state index in [9.17, 15) is 43.5 Å². The van der Waals surface area contributed by atoms with Crippen LogP contribution in [-0.2, 0) is 22.7 Å². The number of nitrogens with zero attached hydrogens (tertiary/aromatic N) is 2. The molecule has 1 aliphatic rings. The van der Waals surface area contributed by atoms with E-state index in [2.05, 4.69) is 4.98 Å². The summed E-state index contributed by atoms with van der Waals surface area (Å²) in [7, 11) is -5.39. The molecule has 1 aromatic carbocycles. The Morgan fingerprint density at radius 2 is 1.48 bits per heavy atom. The van der Waals surface area contributed by atoms with Crippen molar-refractivity contribution in [1.29, 1.82) is 0 Å². The molecule has 0 N–H and O–H groups in total. The topological polar surface area (TPSA) is 50.3 Å². The minimum Gasteiger partial charge on any atom is -0.259 e. The zero-order valence-corrected chi connectivity index (χ0v) is 14.9. The van der Waals surface area contributed by atoms with Gasteiger partial charge in [-0.3, -0.25) is 4.98 Å². The van der Waals surface area contributed by atoms with Crippen molar-refractivity contribution in [1.82, 2.24) is 9.29 Å². The molecule has 13 heteroatoms. The van der Waals surface area contributed by atoms with Crippen LogP contribution in [0.25, 0.3) is 0 Å². The minimum absolute atomic E-state index is 0.128. The van der Waals surface area contributed by atoms with Crippen molar-refractivity contribution in [2.24, 2.45) is 0 Å². The molecular weight excluding hydrogens is 436 g/mol. The van der Waals surface area contributed by atoms with Gasteiger partial charge in [-0.2, -0.15) is 17.5 Å². The summed E-state index contributed by atoms with van der Waals surface area (Å²) in [5, 5.41) is 0. The third-order valence-electron chi connectivity index (χ3n) is 4.19. The van der Waals surface area contributed by atoms with Gasteiger partial charge in [0.25, 0.3) is 0 Å². The molecular formula is C16H10F8N2O2S. The predicted molar refractivity (Wildman–Crippen MR) is 81.2 cm³/mol. The second kappa shape index (κ2) is 7.20. The summed E-state index contributed by atoms with van der Waals surface area (Å²) >= 11 is 0. The third-order valence-corrected chi connectivity index (χ3v) is 6.11. The van der Waals surface area contributed by atoms with E-state index >= 15 is 0 Å². The summed E-state index contributed by atoms with van der Waals surface area (Å²) in [6.07, 6.45) is -3.71. The Bertz CT molecular complexity index is 1040. The van der Waals surface area contributed by atoms with E-state index in [4.69, 9.17) is 0 Å². The van der Waals surface area contributed by atoms with E-state index in [-0.39, 0.29) is 17.1 Å². The molecule has 1 saturated carbocycles. The zero-order chi connectivity index (χ0) is 21.7. The van der Waals surface area contributed by atoms with E-state index in [1.165, 1.54) is 0 Å². The van der Waals surface area contributed by atoms with Gasteiger partial charge in [-0.25, -0.2) is 30.4 Å². The summed E-state index contributed by atoms with van der Waals surface area (Å²) in [5.41, 5.74) is -2.07. The molecule has 4 nitrogen and oxygen atoms in total. The first-order chi connectivity index (χ1) is 13.4. The fraction of sp³-hybridized carbons (Fsp3) is 0.312. The number of halogens is 8. The Morgan fingerprint density at radius 3 is 1.97 bits per heavy atom. The summed E-state index contributed by atoms with van der Waals surface area (Å²) < 4.78 is 133. The normalized spacial score (nSPS) is 15.2. The Balaban J connectivity index is 2.13. The van der Waals surface area contributed by atoms with Crippen LogP contribution in [0.2, 0.25) is 0 Å². The first kappa shape index (κ1) is 21.4. The average molecular weight is 446 g/mol. The molecule has 0 saturated heterocycles. The van der Waals surface area contributed by atoms with E-state index in [0.29, 0.717) is 6.07 Å². The summed E-state index contributed by atoms with van der Waals surface area (Å²) in [6, 6.07) is 0.600. The van der Waals surface area contributed by atoms with Crippen molar-refractivity contribution in [3.05, 3.63) is 58.7 Å². The number of aromatic nitrogens is 1. The van der Waals surface area contributed by atoms with Crippen molar-refractivity contribution in [2.45, 2.75) is 36.5 Å². The van der Waals surface area contributed by atoms with E-state index in [0.717, 1.165) is 12.3 Å². The highest BCUT2D eigenvalue weighted by Crippen LogP contribution is 2.38. The molecule has 3 rings (SSSR count). The second-order valence-corrected chi connectivity index (χ2v) is 8.00. The van der Waals surface area contributed by atoms with Gasteiger partial charge in [0.2, 0.25) is 15.8 Å². The lowest BCUT2D eigenvalue weighted by atomic mass is 10.2. The van der Waals surface area contributed by atoms with Crippen molar-refractivity contribution in [2.75, 3.05) is 0 Å². The maximum Gasteiger partial charge on any atom is 0.418 e. The van der Waals surface area contributed by atoms with Gasteiger partial charge in [-0.05, 0) is 25.0 Å². The number of pyridine rings is 1. The third kappa shape index (κ3) is 3.80. The first-order valence-electron chi connectivity index (χ1n) is 7.91. The molecule has 1 fully saturated rings. The fourth-order valence-corrected chi connectivity index (χ4v) is 4.43. The number of benzene rings is 1. The van der Waals surface area contributed by atoms with Crippen LogP contribution in [0.5, 0.6) is 0 Å². The van der Waals surface area contributed by atoms with Crippen LogP contribution in [0.3, 0.4) is 0 Å². The van der Waals surface area contributed by atoms with Crippen LogP contribution in [0.4, 0.5) is 35.1 Å². The molecule has 0 bridgehead atoms. The minimum atomic E-state index is -5.39. The summed E-state index contributed by atoms with van der Waals surface area (Å²) in [6.45, 7) is -1.07. The number of sulfonamides is 1. The van der Waals surface area contributed by atoms with Gasteiger partial charge >= 0.3 is 6.18 Å². The average Bonchev–Trinajstić information content (AvgIpc) is 3.47. The van der Waals surface area contributed by atoms with Gasteiger partial charge in [0.15, 0.2) is 28.2 Å². The first-order valence-corrected chi connectivity index (χ1v) is 9.35. The highest BCUT2D eigenvalue weighted by Gasteiger charge is 2.44. The highest BCUT2D eigenvalue weighted by atomic mass is 32.2. The Hall–Kier alpha value is -2.28. The molecule has 0 radical (unpaired) electrons. The zero-order valence-electron chi connectivity index (χ0n) is 14.1. The Morgan fingerprint density at radius 1 is 0.966 bits per heavy atom. The Labute approximate surface area is 158 Å². The number of alkyl halides is 3. The largest absolute Gasteiger partial charge is 0.418 e. The maximum atomic E-state index is 14.0. The van der Waals surface area contributed by atoms with Gasteiger partial charge in [0, 0.05) is 12.2 Å². The lowest BCUT2D eigenvalue weighted by Gasteiger charge is -2.23. The molecule has 0 unspecified atom stereocenters. The van der Waals surface area contributed by atoms with Gasteiger partial charge in [0.05, 0.1) is 17.8 Å². The Kier molecular flexibility index (Phi) is 5.32. The molecule has 0 amide bonds. The van der Waals surface area contributed by atoms with Gasteiger partial charge < -0.3 is 0 Å². The van der Waals surface area contributed by atoms with E-state index < -0.39 is 74.0 Å². The molecule has 0 atom stereocenters. The summed E-state index contributed by atoms with van der Waals surface area (Å²) in [4.78, 5) is 1.35. The van der Waals surface area contributed by atoms with Crippen molar-refractivity contribution < 1.29 is 43.5 Å². The smallest absolute Gasteiger partial charge is 0.259 e. The number of hydrogen-bond donors (Lipinski definition) is 0. The predicted octanol–water partition coefficient (Wildman–Crippen LogP) is 4.15. The van der Waals surface area contributed by atoms with Gasteiger partial charge in [-0.1, -0.05) is 0 Å². The molecule has 0 aliphatic heterocycles. The molecule has 0 spiro atoms. The lowest BCUT2D eigenvalue weighted by Crippen LogP contribution is -2.35. The fourth-order valence-electron chi connectivity index (χ4n) is 2.67. The molecule has 2 aromatic rings. The van der Waals surface area contributed by atoms with E-state index in [1.807, 2.05) is 0 Å². The van der Waals surface area contributed by atoms with E-state index in [1.54, 1.807) is 0 Å². The highest BCUT2D eigenvalue weighted by molar-refractivity contribution is 7.89. The van der Waals surface area contributed by atoms with Crippen molar-refractivity contribution in [3.63, 3.8) is 0 Å². The number of rotatable bonds is 5.